The highest BCUT2D eigenvalue weighted by atomic mass is 19.1. The van der Waals surface area contributed by atoms with Crippen LogP contribution in [0.1, 0.15) is 11.3 Å². The van der Waals surface area contributed by atoms with Crippen LogP contribution in [0, 0.1) is 5.82 Å². The van der Waals surface area contributed by atoms with Crippen molar-refractivity contribution in [1.82, 2.24) is 19.7 Å². The van der Waals surface area contributed by atoms with E-state index in [0.717, 1.165) is 0 Å². The van der Waals surface area contributed by atoms with E-state index in [1.165, 1.54) is 6.07 Å². The Bertz CT molecular complexity index is 891. The molecule has 0 N–H and O–H groups in total. The molecule has 3 aromatic rings. The van der Waals surface area contributed by atoms with E-state index in [9.17, 15) is 4.39 Å². The third kappa shape index (κ3) is 2.76. The molecule has 0 spiro atoms. The van der Waals surface area contributed by atoms with E-state index >= 15 is 0 Å². The van der Waals surface area contributed by atoms with Crippen LogP contribution < -0.4 is 0 Å². The molecular weight excluding hydrogens is 309 g/mol. The van der Waals surface area contributed by atoms with E-state index in [1.807, 2.05) is 6.07 Å². The van der Waals surface area contributed by atoms with Crippen molar-refractivity contribution in [2.24, 2.45) is 4.99 Å². The van der Waals surface area contributed by atoms with Crippen LogP contribution in [0.25, 0.3) is 11.5 Å². The van der Waals surface area contributed by atoms with Crippen LogP contribution in [0.15, 0.2) is 53.8 Å². The van der Waals surface area contributed by atoms with Crippen molar-refractivity contribution < 1.29 is 9.13 Å². The quantitative estimate of drug-likeness (QED) is 0.739. The second-order valence-electron chi connectivity index (χ2n) is 5.27. The molecule has 3 heterocycles. The molecule has 0 bridgehead atoms. The maximum Gasteiger partial charge on any atom is 0.235 e. The van der Waals surface area contributed by atoms with Crippen LogP contribution in [0.3, 0.4) is 0 Å². The summed E-state index contributed by atoms with van der Waals surface area (Å²) >= 11 is 0. The van der Waals surface area contributed by atoms with E-state index in [-0.39, 0.29) is 12.4 Å². The van der Waals surface area contributed by atoms with E-state index in [4.69, 9.17) is 4.74 Å². The fourth-order valence-corrected chi connectivity index (χ4v) is 2.53. The van der Waals surface area contributed by atoms with Gasteiger partial charge >= 0.3 is 0 Å². The predicted octanol–water partition coefficient (Wildman–Crippen LogP) is 2.30. The van der Waals surface area contributed by atoms with E-state index in [2.05, 4.69) is 20.1 Å². The minimum absolute atomic E-state index is 0.272. The molecule has 0 saturated heterocycles. The SMILES string of the molecule is Fc1ccccc1Cn1nc(-c2ncccn2)cc1C1=NCCO1. The number of aromatic nitrogens is 4. The van der Waals surface area contributed by atoms with E-state index in [1.54, 1.807) is 41.3 Å². The van der Waals surface area contributed by atoms with E-state index < -0.39 is 0 Å². The lowest BCUT2D eigenvalue weighted by atomic mass is 10.2. The van der Waals surface area contributed by atoms with Gasteiger partial charge in [-0.1, -0.05) is 18.2 Å². The van der Waals surface area contributed by atoms with Crippen molar-refractivity contribution in [2.75, 3.05) is 13.2 Å². The Hall–Kier alpha value is -3.09. The first-order valence-corrected chi connectivity index (χ1v) is 7.57. The molecule has 1 aromatic carbocycles. The van der Waals surface area contributed by atoms with Gasteiger partial charge in [-0.15, -0.1) is 0 Å². The van der Waals surface area contributed by atoms with Crippen LogP contribution in [-0.2, 0) is 11.3 Å². The van der Waals surface area contributed by atoms with Crippen LogP contribution in [0.5, 0.6) is 0 Å². The zero-order valence-electron chi connectivity index (χ0n) is 12.8. The Labute approximate surface area is 137 Å². The molecule has 7 heteroatoms. The standard InChI is InChI=1S/C17H14FN5O/c18-13-5-2-1-4-12(13)11-23-15(17-21-8-9-24-17)10-14(22-23)16-19-6-3-7-20-16/h1-7,10H,8-9,11H2. The lowest BCUT2D eigenvalue weighted by molar-refractivity contribution is 0.345. The third-order valence-electron chi connectivity index (χ3n) is 3.66. The van der Waals surface area contributed by atoms with Gasteiger partial charge in [0.05, 0.1) is 13.1 Å². The topological polar surface area (TPSA) is 65.2 Å². The van der Waals surface area contributed by atoms with Gasteiger partial charge in [0.1, 0.15) is 23.8 Å². The van der Waals surface area contributed by atoms with Gasteiger partial charge in [-0.25, -0.2) is 19.4 Å². The Morgan fingerprint density at radius 2 is 1.96 bits per heavy atom. The predicted molar refractivity (Wildman–Crippen MR) is 86.1 cm³/mol. The van der Waals surface area contributed by atoms with Crippen molar-refractivity contribution in [3.8, 4) is 11.5 Å². The minimum Gasteiger partial charge on any atom is -0.474 e. The van der Waals surface area contributed by atoms with Gasteiger partial charge in [-0.2, -0.15) is 5.10 Å². The molecular formula is C17H14FN5O. The third-order valence-corrected chi connectivity index (χ3v) is 3.66. The summed E-state index contributed by atoms with van der Waals surface area (Å²) in [7, 11) is 0. The number of nitrogens with zero attached hydrogens (tertiary/aromatic N) is 5. The smallest absolute Gasteiger partial charge is 0.235 e. The van der Waals surface area contributed by atoms with Gasteiger partial charge in [0.25, 0.3) is 0 Å². The van der Waals surface area contributed by atoms with Crippen LogP contribution >= 0.6 is 0 Å². The molecule has 4 rings (SSSR count). The van der Waals surface area contributed by atoms with Gasteiger partial charge in [0.15, 0.2) is 5.82 Å². The second kappa shape index (κ2) is 6.19. The monoisotopic (exact) mass is 323 g/mol. The van der Waals surface area contributed by atoms with E-state index in [0.29, 0.717) is 41.8 Å². The number of halogens is 1. The van der Waals surface area contributed by atoms with Crippen molar-refractivity contribution in [1.29, 1.82) is 0 Å². The molecule has 1 aliphatic rings. The van der Waals surface area contributed by atoms with Crippen molar-refractivity contribution in [2.45, 2.75) is 6.54 Å². The van der Waals surface area contributed by atoms with Gasteiger partial charge in [-0.05, 0) is 12.1 Å². The molecule has 2 aromatic heterocycles. The molecule has 0 saturated carbocycles. The first-order valence-electron chi connectivity index (χ1n) is 7.57. The number of hydrogen-bond acceptors (Lipinski definition) is 5. The zero-order chi connectivity index (χ0) is 16.4. The fraction of sp³-hybridized carbons (Fsp3) is 0.176. The van der Waals surface area contributed by atoms with Crippen LogP contribution in [-0.4, -0.2) is 38.8 Å². The minimum atomic E-state index is -0.272. The zero-order valence-corrected chi connectivity index (χ0v) is 12.8. The molecule has 0 amide bonds. The average molecular weight is 323 g/mol. The van der Waals surface area contributed by atoms with Crippen molar-refractivity contribution in [3.63, 3.8) is 0 Å². The molecule has 6 nitrogen and oxygen atoms in total. The molecule has 0 aliphatic carbocycles. The first-order chi connectivity index (χ1) is 11.8. The van der Waals surface area contributed by atoms with Gasteiger partial charge < -0.3 is 4.74 Å². The highest BCUT2D eigenvalue weighted by Crippen LogP contribution is 2.19. The molecule has 0 fully saturated rings. The largest absolute Gasteiger partial charge is 0.474 e. The molecule has 0 unspecified atom stereocenters. The maximum atomic E-state index is 14.0. The van der Waals surface area contributed by atoms with Crippen LogP contribution in [0.2, 0.25) is 0 Å². The Morgan fingerprint density at radius 1 is 1.12 bits per heavy atom. The molecule has 120 valence electrons. The highest BCUT2D eigenvalue weighted by Gasteiger charge is 2.20. The Morgan fingerprint density at radius 3 is 2.71 bits per heavy atom. The highest BCUT2D eigenvalue weighted by molar-refractivity contribution is 5.94. The second-order valence-corrected chi connectivity index (χ2v) is 5.27. The van der Waals surface area contributed by atoms with Gasteiger partial charge in [-0.3, -0.25) is 4.68 Å². The number of ether oxygens (including phenoxy) is 1. The fourth-order valence-electron chi connectivity index (χ4n) is 2.53. The normalized spacial score (nSPS) is 13.6. The summed E-state index contributed by atoms with van der Waals surface area (Å²) in [5, 5.41) is 4.53. The lowest BCUT2D eigenvalue weighted by Crippen LogP contribution is -2.13. The summed E-state index contributed by atoms with van der Waals surface area (Å²) in [4.78, 5) is 12.8. The number of hydrogen-bond donors (Lipinski definition) is 0. The van der Waals surface area contributed by atoms with Gasteiger partial charge in [0, 0.05) is 24.0 Å². The summed E-state index contributed by atoms with van der Waals surface area (Å²) in [6.07, 6.45) is 3.31. The van der Waals surface area contributed by atoms with Gasteiger partial charge in [0.2, 0.25) is 5.90 Å². The summed E-state index contributed by atoms with van der Waals surface area (Å²) in [6, 6.07) is 10.2. The van der Waals surface area contributed by atoms with Crippen LogP contribution in [0.4, 0.5) is 4.39 Å². The first kappa shape index (κ1) is 14.5. The van der Waals surface area contributed by atoms with Crippen molar-refractivity contribution >= 4 is 5.90 Å². The molecule has 1 aliphatic heterocycles. The average Bonchev–Trinajstić information content (AvgIpc) is 3.27. The number of aliphatic imine (C=N–C) groups is 1. The molecule has 0 atom stereocenters. The Kier molecular flexibility index (Phi) is 3.74. The lowest BCUT2D eigenvalue weighted by Gasteiger charge is -2.08. The molecule has 0 radical (unpaired) electrons. The summed E-state index contributed by atoms with van der Waals surface area (Å²) in [5.41, 5.74) is 1.83. The maximum absolute atomic E-state index is 14.0. The molecule has 24 heavy (non-hydrogen) atoms. The number of benzene rings is 1. The Balaban J connectivity index is 1.76. The summed E-state index contributed by atoms with van der Waals surface area (Å²) < 4.78 is 21.2. The number of rotatable bonds is 4. The summed E-state index contributed by atoms with van der Waals surface area (Å²) in [5.74, 6) is 0.747. The van der Waals surface area contributed by atoms with Crippen molar-refractivity contribution in [3.05, 3.63) is 65.9 Å². The summed E-state index contributed by atoms with van der Waals surface area (Å²) in [6.45, 7) is 1.42.